The van der Waals surface area contributed by atoms with Gasteiger partial charge in [0.1, 0.15) is 12.7 Å². The standard InChI is InChI=1S/C19H17ClN2O4.ClH/c20-12-5-6-14-17(7-8-21-18(14)9-12)22-16-4-2-1-3-15(16)19(25)26-11-13(24)10-23;/h1-9,13,23-24H,10-11H2,(H,21,22);1H/p-1. The lowest BCUT2D eigenvalue weighted by Crippen LogP contribution is -3.00. The van der Waals surface area contributed by atoms with E-state index in [1.165, 1.54) is 0 Å². The van der Waals surface area contributed by atoms with Gasteiger partial charge in [-0.3, -0.25) is 4.98 Å². The van der Waals surface area contributed by atoms with Gasteiger partial charge < -0.3 is 32.7 Å². The van der Waals surface area contributed by atoms with Crippen molar-refractivity contribution in [1.29, 1.82) is 0 Å². The number of halogens is 2. The van der Waals surface area contributed by atoms with E-state index in [1.54, 1.807) is 48.7 Å². The molecular weight excluding hydrogens is 391 g/mol. The van der Waals surface area contributed by atoms with Crippen LogP contribution in [-0.2, 0) is 4.74 Å². The SMILES string of the molecule is O=C(OCC(O)CO)c1ccccc1Nc1ccnc2cc(Cl)ccc12.[Cl-]. The molecule has 0 saturated carbocycles. The first kappa shape index (κ1) is 20.9. The molecule has 142 valence electrons. The van der Waals surface area contributed by atoms with Gasteiger partial charge in [0.25, 0.3) is 0 Å². The summed E-state index contributed by atoms with van der Waals surface area (Å²) in [4.78, 5) is 16.6. The first-order chi connectivity index (χ1) is 12.6. The van der Waals surface area contributed by atoms with E-state index < -0.39 is 18.7 Å². The molecule has 1 unspecified atom stereocenters. The number of aliphatic hydroxyl groups excluding tert-OH is 2. The van der Waals surface area contributed by atoms with Crippen LogP contribution in [0.1, 0.15) is 10.4 Å². The lowest BCUT2D eigenvalue weighted by Gasteiger charge is -2.14. The summed E-state index contributed by atoms with van der Waals surface area (Å²) in [6.07, 6.45) is 0.549. The molecule has 0 aliphatic rings. The molecule has 0 spiro atoms. The van der Waals surface area contributed by atoms with Crippen LogP contribution in [0.25, 0.3) is 10.9 Å². The van der Waals surface area contributed by atoms with Gasteiger partial charge in [0, 0.05) is 22.3 Å². The molecule has 0 bridgehead atoms. The number of benzene rings is 2. The Labute approximate surface area is 167 Å². The minimum absolute atomic E-state index is 0. The number of para-hydroxylation sites is 1. The van der Waals surface area contributed by atoms with Crippen molar-refractivity contribution in [2.24, 2.45) is 0 Å². The Kier molecular flexibility index (Phi) is 7.38. The van der Waals surface area contributed by atoms with Crippen molar-refractivity contribution in [3.05, 3.63) is 65.3 Å². The molecular formula is C19H17Cl2N2O4-. The molecule has 8 heteroatoms. The van der Waals surface area contributed by atoms with E-state index in [0.29, 0.717) is 16.3 Å². The highest BCUT2D eigenvalue weighted by atomic mass is 35.5. The molecule has 6 nitrogen and oxygen atoms in total. The van der Waals surface area contributed by atoms with Gasteiger partial charge in [-0.05, 0) is 36.4 Å². The molecule has 3 aromatic rings. The number of anilines is 2. The van der Waals surface area contributed by atoms with Gasteiger partial charge in [0.2, 0.25) is 0 Å². The van der Waals surface area contributed by atoms with Crippen LogP contribution >= 0.6 is 11.6 Å². The molecule has 1 aromatic heterocycles. The summed E-state index contributed by atoms with van der Waals surface area (Å²) in [6, 6.07) is 14.1. The van der Waals surface area contributed by atoms with Gasteiger partial charge in [-0.15, -0.1) is 0 Å². The van der Waals surface area contributed by atoms with Gasteiger partial charge >= 0.3 is 5.97 Å². The van der Waals surface area contributed by atoms with E-state index in [0.717, 1.165) is 16.6 Å². The topological polar surface area (TPSA) is 91.7 Å². The Morgan fingerprint density at radius 1 is 1.19 bits per heavy atom. The van der Waals surface area contributed by atoms with E-state index in [1.807, 2.05) is 6.07 Å². The van der Waals surface area contributed by atoms with Crippen LogP contribution in [0.15, 0.2) is 54.7 Å². The van der Waals surface area contributed by atoms with Crippen LogP contribution < -0.4 is 17.7 Å². The molecule has 1 heterocycles. The first-order valence-corrected chi connectivity index (χ1v) is 8.32. The molecule has 3 N–H and O–H groups in total. The molecule has 3 rings (SSSR count). The number of hydrogen-bond acceptors (Lipinski definition) is 6. The highest BCUT2D eigenvalue weighted by molar-refractivity contribution is 6.31. The number of nitrogens with one attached hydrogen (secondary N) is 1. The van der Waals surface area contributed by atoms with Gasteiger partial charge in [0.15, 0.2) is 0 Å². The number of carbonyl (C=O) groups is 1. The zero-order valence-electron chi connectivity index (χ0n) is 14.1. The maximum atomic E-state index is 12.3. The minimum atomic E-state index is -1.10. The highest BCUT2D eigenvalue weighted by Crippen LogP contribution is 2.28. The maximum absolute atomic E-state index is 12.3. The Morgan fingerprint density at radius 3 is 2.74 bits per heavy atom. The van der Waals surface area contributed by atoms with E-state index in [-0.39, 0.29) is 19.0 Å². The average Bonchev–Trinajstić information content (AvgIpc) is 2.66. The van der Waals surface area contributed by atoms with Gasteiger partial charge in [-0.1, -0.05) is 23.7 Å². The Bertz CT molecular complexity index is 936. The molecule has 0 aliphatic heterocycles. The largest absolute Gasteiger partial charge is 1.00 e. The summed E-state index contributed by atoms with van der Waals surface area (Å²) in [5, 5.41) is 22.8. The number of esters is 1. The summed E-state index contributed by atoms with van der Waals surface area (Å²) in [7, 11) is 0. The summed E-state index contributed by atoms with van der Waals surface area (Å²) in [5.41, 5.74) is 2.37. The Hall–Kier alpha value is -2.38. The molecule has 1 atom stereocenters. The molecule has 2 aromatic carbocycles. The van der Waals surface area contributed by atoms with Crippen molar-refractivity contribution >= 4 is 39.8 Å². The van der Waals surface area contributed by atoms with Crippen LogP contribution in [0.3, 0.4) is 0 Å². The second kappa shape index (κ2) is 9.53. The van der Waals surface area contributed by atoms with Crippen LogP contribution in [0, 0.1) is 0 Å². The number of pyridine rings is 1. The first-order valence-electron chi connectivity index (χ1n) is 7.95. The minimum Gasteiger partial charge on any atom is -1.00 e. The summed E-state index contributed by atoms with van der Waals surface area (Å²) in [6.45, 7) is -0.751. The predicted octanol–water partition coefficient (Wildman–Crippen LogP) is 0.146. The number of carbonyl (C=O) groups excluding carboxylic acids is 1. The van der Waals surface area contributed by atoms with Gasteiger partial charge in [0.05, 0.1) is 23.4 Å². The third kappa shape index (κ3) is 5.08. The Morgan fingerprint density at radius 2 is 1.96 bits per heavy atom. The average molecular weight is 408 g/mol. The van der Waals surface area contributed by atoms with Crippen LogP contribution in [0.4, 0.5) is 11.4 Å². The van der Waals surface area contributed by atoms with E-state index in [4.69, 9.17) is 21.4 Å². The van der Waals surface area contributed by atoms with Gasteiger partial charge in [-0.25, -0.2) is 4.79 Å². The van der Waals surface area contributed by atoms with Crippen molar-refractivity contribution in [2.45, 2.75) is 6.10 Å². The lowest BCUT2D eigenvalue weighted by molar-refractivity contribution is -0.0000463. The number of hydrogen-bond donors (Lipinski definition) is 3. The van der Waals surface area contributed by atoms with E-state index in [2.05, 4.69) is 10.3 Å². The number of fused-ring (bicyclic) bond motifs is 1. The number of ether oxygens (including phenoxy) is 1. The maximum Gasteiger partial charge on any atom is 0.340 e. The third-order valence-corrected chi connectivity index (χ3v) is 3.97. The molecule has 0 radical (unpaired) electrons. The zero-order chi connectivity index (χ0) is 18.5. The summed E-state index contributed by atoms with van der Waals surface area (Å²) in [5.74, 6) is -0.595. The quantitative estimate of drug-likeness (QED) is 0.503. The van der Waals surface area contributed by atoms with Crippen molar-refractivity contribution in [3.63, 3.8) is 0 Å². The Balaban J connectivity index is 0.00000261. The van der Waals surface area contributed by atoms with Crippen molar-refractivity contribution in [1.82, 2.24) is 4.98 Å². The molecule has 0 amide bonds. The van der Waals surface area contributed by atoms with Crippen molar-refractivity contribution in [3.8, 4) is 0 Å². The van der Waals surface area contributed by atoms with E-state index in [9.17, 15) is 9.90 Å². The number of rotatable bonds is 6. The number of aromatic nitrogens is 1. The zero-order valence-corrected chi connectivity index (χ0v) is 15.6. The predicted molar refractivity (Wildman–Crippen MR) is 99.9 cm³/mol. The van der Waals surface area contributed by atoms with Crippen LogP contribution in [0.2, 0.25) is 5.02 Å². The fourth-order valence-corrected chi connectivity index (χ4v) is 2.61. The number of nitrogens with zero attached hydrogens (tertiary/aromatic N) is 1. The normalized spacial score (nSPS) is 11.5. The molecule has 0 aliphatic carbocycles. The second-order valence-electron chi connectivity index (χ2n) is 5.63. The highest BCUT2D eigenvalue weighted by Gasteiger charge is 2.15. The third-order valence-electron chi connectivity index (χ3n) is 3.74. The fourth-order valence-electron chi connectivity index (χ4n) is 2.45. The van der Waals surface area contributed by atoms with Crippen molar-refractivity contribution < 1.29 is 32.2 Å². The lowest BCUT2D eigenvalue weighted by atomic mass is 10.1. The molecule has 0 fully saturated rings. The van der Waals surface area contributed by atoms with Crippen molar-refractivity contribution in [2.75, 3.05) is 18.5 Å². The fraction of sp³-hybridized carbons (Fsp3) is 0.158. The van der Waals surface area contributed by atoms with Crippen LogP contribution in [0.5, 0.6) is 0 Å². The monoisotopic (exact) mass is 407 g/mol. The molecule has 0 saturated heterocycles. The van der Waals surface area contributed by atoms with Crippen LogP contribution in [-0.4, -0.2) is 40.5 Å². The summed E-state index contributed by atoms with van der Waals surface area (Å²) >= 11 is 6.01. The summed E-state index contributed by atoms with van der Waals surface area (Å²) < 4.78 is 5.04. The van der Waals surface area contributed by atoms with Gasteiger partial charge in [-0.2, -0.15) is 0 Å². The molecule has 27 heavy (non-hydrogen) atoms. The number of aliphatic hydroxyl groups is 2. The second-order valence-corrected chi connectivity index (χ2v) is 6.06. The van der Waals surface area contributed by atoms with E-state index >= 15 is 0 Å². The smallest absolute Gasteiger partial charge is 0.340 e.